The average Bonchev–Trinajstić information content (AvgIpc) is 2.49. The Labute approximate surface area is 139 Å². The number of sulfonamides is 1. The lowest BCUT2D eigenvalue weighted by molar-refractivity contribution is -0.136. The minimum absolute atomic E-state index is 0.0138. The summed E-state index contributed by atoms with van der Waals surface area (Å²) < 4.78 is 40.3. The monoisotopic (exact) mass is 364 g/mol. The summed E-state index contributed by atoms with van der Waals surface area (Å²) in [6.45, 7) is 0.757. The van der Waals surface area contributed by atoms with Gasteiger partial charge in [0.2, 0.25) is 10.0 Å². The summed E-state index contributed by atoms with van der Waals surface area (Å²) in [5, 5.41) is 11.5. The van der Waals surface area contributed by atoms with Crippen molar-refractivity contribution in [2.24, 2.45) is 5.92 Å². The summed E-state index contributed by atoms with van der Waals surface area (Å²) in [7, 11) is -3.96. The fourth-order valence-corrected chi connectivity index (χ4v) is 4.49. The molecule has 1 aliphatic heterocycles. The van der Waals surface area contributed by atoms with Crippen molar-refractivity contribution < 1.29 is 22.7 Å². The lowest BCUT2D eigenvalue weighted by atomic mass is 10.00. The molecular formula is C14H18ClFN2O4S. The number of hydrogen-bond donors (Lipinski definition) is 2. The number of hydrogen-bond acceptors (Lipinski definition) is 4. The van der Waals surface area contributed by atoms with Crippen molar-refractivity contribution in [1.29, 1.82) is 0 Å². The fraction of sp³-hybridized carbons (Fsp3) is 0.500. The standard InChI is InChI=1S/C14H18ClFN2O4S/c15-11-3-4-12(16)13(6-11)23(21,22)18-5-1-2-10(9-18)7-17-8-14(19)20/h3-4,6,10,17H,1-2,5,7-9H2,(H,19,20). The van der Waals surface area contributed by atoms with Crippen LogP contribution < -0.4 is 5.32 Å². The molecule has 1 unspecified atom stereocenters. The maximum atomic E-state index is 13.9. The molecule has 1 aliphatic rings. The Morgan fingerprint density at radius 3 is 2.91 bits per heavy atom. The van der Waals surface area contributed by atoms with Gasteiger partial charge in [0.1, 0.15) is 10.7 Å². The number of carboxylic acids is 1. The first-order valence-electron chi connectivity index (χ1n) is 7.18. The average molecular weight is 365 g/mol. The van der Waals surface area contributed by atoms with E-state index in [2.05, 4.69) is 5.32 Å². The van der Waals surface area contributed by atoms with Crippen LogP contribution in [0.25, 0.3) is 0 Å². The molecule has 23 heavy (non-hydrogen) atoms. The molecule has 0 spiro atoms. The Morgan fingerprint density at radius 1 is 1.48 bits per heavy atom. The first-order valence-corrected chi connectivity index (χ1v) is 9.00. The van der Waals surface area contributed by atoms with Crippen molar-refractivity contribution in [3.05, 3.63) is 29.0 Å². The molecule has 9 heteroatoms. The second kappa shape index (κ2) is 7.57. The zero-order chi connectivity index (χ0) is 17.0. The normalized spacial score (nSPS) is 19.7. The first kappa shape index (κ1) is 18.1. The van der Waals surface area contributed by atoms with Gasteiger partial charge in [-0.2, -0.15) is 4.31 Å². The van der Waals surface area contributed by atoms with Crippen molar-refractivity contribution in [3.63, 3.8) is 0 Å². The predicted octanol–water partition coefficient (Wildman–Crippen LogP) is 1.55. The Hall–Kier alpha value is -1.22. The summed E-state index contributed by atoms with van der Waals surface area (Å²) in [5.41, 5.74) is 0. The van der Waals surface area contributed by atoms with Crippen LogP contribution in [0.4, 0.5) is 4.39 Å². The van der Waals surface area contributed by atoms with Crippen LogP contribution in [0.1, 0.15) is 12.8 Å². The van der Waals surface area contributed by atoms with Gasteiger partial charge in [-0.05, 0) is 43.5 Å². The molecule has 2 rings (SSSR count). The van der Waals surface area contributed by atoms with Crippen molar-refractivity contribution in [3.8, 4) is 0 Å². The van der Waals surface area contributed by atoms with Gasteiger partial charge in [-0.1, -0.05) is 11.6 Å². The van der Waals surface area contributed by atoms with E-state index in [9.17, 15) is 17.6 Å². The SMILES string of the molecule is O=C(O)CNCC1CCCN(S(=O)(=O)c2cc(Cl)ccc2F)C1. The quantitative estimate of drug-likeness (QED) is 0.799. The maximum Gasteiger partial charge on any atom is 0.317 e. The molecular weight excluding hydrogens is 347 g/mol. The summed E-state index contributed by atoms with van der Waals surface area (Å²) in [6.07, 6.45) is 1.43. The first-order chi connectivity index (χ1) is 10.8. The van der Waals surface area contributed by atoms with Crippen molar-refractivity contribution in [2.45, 2.75) is 17.7 Å². The molecule has 0 aromatic heterocycles. The molecule has 6 nitrogen and oxygen atoms in total. The van der Waals surface area contributed by atoms with Crippen molar-refractivity contribution >= 4 is 27.6 Å². The lowest BCUT2D eigenvalue weighted by Gasteiger charge is -2.32. The minimum atomic E-state index is -3.96. The number of nitrogens with zero attached hydrogens (tertiary/aromatic N) is 1. The molecule has 0 bridgehead atoms. The number of carboxylic acid groups (broad SMARTS) is 1. The van der Waals surface area contributed by atoms with Crippen LogP contribution in [-0.2, 0) is 14.8 Å². The zero-order valence-electron chi connectivity index (χ0n) is 12.3. The topological polar surface area (TPSA) is 86.7 Å². The number of carbonyl (C=O) groups is 1. The fourth-order valence-electron chi connectivity index (χ4n) is 2.61. The van der Waals surface area contributed by atoms with E-state index in [1.165, 1.54) is 10.4 Å². The van der Waals surface area contributed by atoms with E-state index >= 15 is 0 Å². The van der Waals surface area contributed by atoms with Gasteiger partial charge in [-0.15, -0.1) is 0 Å². The second-order valence-electron chi connectivity index (χ2n) is 5.47. The summed E-state index contributed by atoms with van der Waals surface area (Å²) in [6, 6.07) is 3.44. The van der Waals surface area contributed by atoms with Crippen LogP contribution in [0.15, 0.2) is 23.1 Å². The Morgan fingerprint density at radius 2 is 2.22 bits per heavy atom. The molecule has 1 saturated heterocycles. The van der Waals surface area contributed by atoms with Crippen molar-refractivity contribution in [2.75, 3.05) is 26.2 Å². The highest BCUT2D eigenvalue weighted by Gasteiger charge is 2.32. The Bertz CT molecular complexity index is 683. The molecule has 1 atom stereocenters. The van der Waals surface area contributed by atoms with E-state index in [0.717, 1.165) is 18.6 Å². The van der Waals surface area contributed by atoms with Gasteiger partial charge in [0.05, 0.1) is 6.54 Å². The predicted molar refractivity (Wildman–Crippen MR) is 83.4 cm³/mol. The number of rotatable bonds is 6. The molecule has 2 N–H and O–H groups in total. The number of aliphatic carboxylic acids is 1. The molecule has 1 aromatic carbocycles. The van der Waals surface area contributed by atoms with Crippen LogP contribution in [-0.4, -0.2) is 50.0 Å². The van der Waals surface area contributed by atoms with Crippen LogP contribution in [0.3, 0.4) is 0 Å². The highest BCUT2D eigenvalue weighted by atomic mass is 35.5. The number of nitrogens with one attached hydrogen (secondary N) is 1. The molecule has 1 aromatic rings. The molecule has 1 heterocycles. The van der Waals surface area contributed by atoms with Gasteiger partial charge >= 0.3 is 5.97 Å². The van der Waals surface area contributed by atoms with Crippen LogP contribution >= 0.6 is 11.6 Å². The maximum absolute atomic E-state index is 13.9. The van der Waals surface area contributed by atoms with E-state index in [1.54, 1.807) is 0 Å². The Balaban J connectivity index is 2.10. The second-order valence-corrected chi connectivity index (χ2v) is 7.81. The van der Waals surface area contributed by atoms with E-state index in [0.29, 0.717) is 19.5 Å². The highest BCUT2D eigenvalue weighted by molar-refractivity contribution is 7.89. The van der Waals surface area contributed by atoms with Crippen LogP contribution in [0, 0.1) is 11.7 Å². The number of halogens is 2. The molecule has 0 saturated carbocycles. The smallest absolute Gasteiger partial charge is 0.317 e. The molecule has 128 valence electrons. The zero-order valence-corrected chi connectivity index (χ0v) is 13.9. The van der Waals surface area contributed by atoms with Gasteiger partial charge in [0.15, 0.2) is 0 Å². The van der Waals surface area contributed by atoms with Gasteiger partial charge in [0, 0.05) is 18.1 Å². The highest BCUT2D eigenvalue weighted by Crippen LogP contribution is 2.27. The van der Waals surface area contributed by atoms with E-state index < -0.39 is 26.7 Å². The van der Waals surface area contributed by atoms with E-state index in [4.69, 9.17) is 16.7 Å². The third kappa shape index (κ3) is 4.63. The van der Waals surface area contributed by atoms with Crippen LogP contribution in [0.2, 0.25) is 5.02 Å². The Kier molecular flexibility index (Phi) is 5.96. The van der Waals surface area contributed by atoms with Gasteiger partial charge < -0.3 is 10.4 Å². The van der Waals surface area contributed by atoms with Crippen LogP contribution in [0.5, 0.6) is 0 Å². The number of piperidine rings is 1. The molecule has 0 radical (unpaired) electrons. The minimum Gasteiger partial charge on any atom is -0.480 e. The third-order valence-electron chi connectivity index (χ3n) is 3.70. The van der Waals surface area contributed by atoms with Gasteiger partial charge in [-0.3, -0.25) is 4.79 Å². The van der Waals surface area contributed by atoms with Gasteiger partial charge in [-0.25, -0.2) is 12.8 Å². The van der Waals surface area contributed by atoms with Gasteiger partial charge in [0.25, 0.3) is 0 Å². The summed E-state index contributed by atoms with van der Waals surface area (Å²) in [5.74, 6) is -1.81. The summed E-state index contributed by atoms with van der Waals surface area (Å²) >= 11 is 5.77. The summed E-state index contributed by atoms with van der Waals surface area (Å²) in [4.78, 5) is 10.1. The van der Waals surface area contributed by atoms with Crippen molar-refractivity contribution in [1.82, 2.24) is 9.62 Å². The largest absolute Gasteiger partial charge is 0.480 e. The number of benzene rings is 1. The molecule has 1 fully saturated rings. The van der Waals surface area contributed by atoms with E-state index in [-0.39, 0.29) is 24.0 Å². The lowest BCUT2D eigenvalue weighted by Crippen LogP contribution is -2.43. The third-order valence-corrected chi connectivity index (χ3v) is 5.82. The molecule has 0 amide bonds. The molecule has 0 aliphatic carbocycles. The van der Waals surface area contributed by atoms with E-state index in [1.807, 2.05) is 0 Å².